The van der Waals surface area contributed by atoms with Crippen molar-refractivity contribution in [2.45, 2.75) is 6.92 Å². The van der Waals surface area contributed by atoms with Crippen LogP contribution in [0.4, 0.5) is 0 Å². The van der Waals surface area contributed by atoms with Gasteiger partial charge in [0.05, 0.1) is 10.6 Å². The Hall–Kier alpha value is -1.50. The van der Waals surface area contributed by atoms with Gasteiger partial charge in [0.15, 0.2) is 0 Å². The lowest BCUT2D eigenvalue weighted by Gasteiger charge is -1.89. The minimum Gasteiger partial charge on any atom is -0.477 e. The fraction of sp³-hybridized carbons (Fsp3) is 0.0769. The van der Waals surface area contributed by atoms with Gasteiger partial charge in [0, 0.05) is 9.75 Å². The van der Waals surface area contributed by atoms with E-state index in [-0.39, 0.29) is 0 Å². The van der Waals surface area contributed by atoms with Crippen LogP contribution in [0, 0.1) is 6.92 Å². The zero-order valence-corrected chi connectivity index (χ0v) is 12.4. The van der Waals surface area contributed by atoms with E-state index in [9.17, 15) is 4.79 Å². The number of thiophene rings is 2. The maximum atomic E-state index is 11.0. The molecule has 19 heavy (non-hydrogen) atoms. The monoisotopic (exact) mass is 307 g/mol. The topological polar surface area (TPSA) is 50.2 Å². The van der Waals surface area contributed by atoms with Crippen molar-refractivity contribution in [3.05, 3.63) is 40.2 Å². The molecule has 0 aromatic carbocycles. The molecule has 6 heteroatoms. The Morgan fingerprint density at radius 3 is 2.58 bits per heavy atom. The van der Waals surface area contributed by atoms with E-state index in [0.717, 1.165) is 9.88 Å². The third-order valence-electron chi connectivity index (χ3n) is 2.57. The van der Waals surface area contributed by atoms with Crippen LogP contribution in [-0.2, 0) is 0 Å². The van der Waals surface area contributed by atoms with Crippen molar-refractivity contribution in [1.82, 2.24) is 4.98 Å². The van der Waals surface area contributed by atoms with Gasteiger partial charge in [-0.2, -0.15) is 0 Å². The molecule has 3 rings (SSSR count). The predicted octanol–water partition coefficient (Wildman–Crippen LogP) is 4.61. The molecule has 0 unspecified atom stereocenters. The highest BCUT2D eigenvalue weighted by atomic mass is 32.1. The summed E-state index contributed by atoms with van der Waals surface area (Å²) in [6.45, 7) is 1.73. The van der Waals surface area contributed by atoms with Crippen LogP contribution in [0.15, 0.2) is 29.6 Å². The van der Waals surface area contributed by atoms with Crippen molar-refractivity contribution in [3.8, 4) is 19.6 Å². The Labute approximate surface area is 121 Å². The molecule has 0 bridgehead atoms. The second kappa shape index (κ2) is 4.88. The largest absolute Gasteiger partial charge is 0.477 e. The molecule has 3 nitrogen and oxygen atoms in total. The predicted molar refractivity (Wildman–Crippen MR) is 80.4 cm³/mol. The van der Waals surface area contributed by atoms with Crippen molar-refractivity contribution >= 4 is 40.0 Å². The highest BCUT2D eigenvalue weighted by Crippen LogP contribution is 2.38. The van der Waals surface area contributed by atoms with E-state index in [1.807, 2.05) is 17.5 Å². The van der Waals surface area contributed by atoms with E-state index >= 15 is 0 Å². The van der Waals surface area contributed by atoms with Gasteiger partial charge in [-0.05, 0) is 30.5 Å². The van der Waals surface area contributed by atoms with Crippen LogP contribution in [0.5, 0.6) is 0 Å². The number of aromatic nitrogens is 1. The average molecular weight is 307 g/mol. The Kier molecular flexibility index (Phi) is 3.22. The molecule has 3 aromatic rings. The normalized spacial score (nSPS) is 10.8. The molecule has 0 radical (unpaired) electrons. The van der Waals surface area contributed by atoms with Crippen LogP contribution >= 0.6 is 34.0 Å². The van der Waals surface area contributed by atoms with Crippen LogP contribution in [0.25, 0.3) is 19.6 Å². The van der Waals surface area contributed by atoms with E-state index in [4.69, 9.17) is 5.11 Å². The number of hydrogen-bond acceptors (Lipinski definition) is 5. The van der Waals surface area contributed by atoms with Crippen LogP contribution < -0.4 is 0 Å². The molecule has 0 saturated heterocycles. The molecular formula is C13H9NO2S3. The van der Waals surface area contributed by atoms with Crippen molar-refractivity contribution in [2.75, 3.05) is 0 Å². The highest BCUT2D eigenvalue weighted by Gasteiger charge is 2.16. The van der Waals surface area contributed by atoms with Crippen molar-refractivity contribution in [3.63, 3.8) is 0 Å². The minimum absolute atomic E-state index is 0.320. The summed E-state index contributed by atoms with van der Waals surface area (Å²) in [4.78, 5) is 19.1. The van der Waals surface area contributed by atoms with Gasteiger partial charge >= 0.3 is 5.97 Å². The second-order valence-electron chi connectivity index (χ2n) is 3.88. The average Bonchev–Trinajstić information content (AvgIpc) is 3.08. The molecule has 1 N–H and O–H groups in total. The standard InChI is InChI=1S/C13H9NO2S3/c1-7-11(13(15)16)19-12(14-7)10-5-4-9(18-10)8-3-2-6-17-8/h2-6H,1H3,(H,15,16). The smallest absolute Gasteiger partial charge is 0.347 e. The summed E-state index contributed by atoms with van der Waals surface area (Å²) in [7, 11) is 0. The Bertz CT molecular complexity index is 725. The maximum Gasteiger partial charge on any atom is 0.347 e. The third kappa shape index (κ3) is 2.34. The summed E-state index contributed by atoms with van der Waals surface area (Å²) < 4.78 is 0. The van der Waals surface area contributed by atoms with E-state index in [0.29, 0.717) is 10.6 Å². The number of carboxylic acid groups (broad SMARTS) is 1. The lowest BCUT2D eigenvalue weighted by atomic mass is 10.3. The van der Waals surface area contributed by atoms with Crippen LogP contribution in [0.2, 0.25) is 0 Å². The number of thiazole rings is 1. The number of carboxylic acids is 1. The van der Waals surface area contributed by atoms with E-state index in [2.05, 4.69) is 17.1 Å². The Morgan fingerprint density at radius 1 is 1.16 bits per heavy atom. The van der Waals surface area contributed by atoms with Gasteiger partial charge in [-0.25, -0.2) is 9.78 Å². The molecule has 0 aliphatic rings. The first-order chi connectivity index (χ1) is 9.15. The number of rotatable bonds is 3. The molecular weight excluding hydrogens is 298 g/mol. The molecule has 0 saturated carbocycles. The molecule has 3 heterocycles. The lowest BCUT2D eigenvalue weighted by molar-refractivity contribution is 0.0701. The summed E-state index contributed by atoms with van der Waals surface area (Å²) in [6, 6.07) is 8.16. The summed E-state index contributed by atoms with van der Waals surface area (Å²) in [6.07, 6.45) is 0. The Balaban J connectivity index is 1.99. The van der Waals surface area contributed by atoms with Crippen LogP contribution in [0.1, 0.15) is 15.4 Å². The minimum atomic E-state index is -0.906. The van der Waals surface area contributed by atoms with Crippen LogP contribution in [-0.4, -0.2) is 16.1 Å². The number of aromatic carboxylic acids is 1. The molecule has 96 valence electrons. The molecule has 0 aliphatic carbocycles. The Morgan fingerprint density at radius 2 is 1.95 bits per heavy atom. The summed E-state index contributed by atoms with van der Waals surface area (Å²) >= 11 is 4.57. The number of aryl methyl sites for hydroxylation is 1. The quantitative estimate of drug-likeness (QED) is 0.769. The fourth-order valence-electron chi connectivity index (χ4n) is 1.70. The number of hydrogen-bond donors (Lipinski definition) is 1. The molecule has 0 spiro atoms. The SMILES string of the molecule is Cc1nc(-c2ccc(-c3cccs3)s2)sc1C(=O)O. The van der Waals surface area contributed by atoms with Crippen LogP contribution in [0.3, 0.4) is 0 Å². The summed E-state index contributed by atoms with van der Waals surface area (Å²) in [5, 5.41) is 11.9. The van der Waals surface area contributed by atoms with Crippen molar-refractivity contribution in [1.29, 1.82) is 0 Å². The second-order valence-corrected chi connectivity index (χ2v) is 6.91. The van der Waals surface area contributed by atoms with E-state index in [1.165, 1.54) is 21.1 Å². The first kappa shape index (κ1) is 12.5. The molecule has 0 fully saturated rings. The first-order valence-corrected chi connectivity index (χ1v) is 8.01. The van der Waals surface area contributed by atoms with Gasteiger partial charge in [0.1, 0.15) is 9.88 Å². The number of nitrogens with zero attached hydrogens (tertiary/aromatic N) is 1. The third-order valence-corrected chi connectivity index (χ3v) is 6.04. The van der Waals surface area contributed by atoms with E-state index in [1.54, 1.807) is 29.6 Å². The highest BCUT2D eigenvalue weighted by molar-refractivity contribution is 7.26. The fourth-order valence-corrected chi connectivity index (χ4v) is 4.50. The molecule has 3 aromatic heterocycles. The summed E-state index contributed by atoms with van der Waals surface area (Å²) in [5.41, 5.74) is 0.582. The van der Waals surface area contributed by atoms with Gasteiger partial charge in [0.25, 0.3) is 0 Å². The molecule has 0 amide bonds. The van der Waals surface area contributed by atoms with Gasteiger partial charge in [-0.15, -0.1) is 34.0 Å². The molecule has 0 aliphatic heterocycles. The maximum absolute atomic E-state index is 11.0. The van der Waals surface area contributed by atoms with Gasteiger partial charge in [0.2, 0.25) is 0 Å². The van der Waals surface area contributed by atoms with Gasteiger partial charge < -0.3 is 5.11 Å². The summed E-state index contributed by atoms with van der Waals surface area (Å²) in [5.74, 6) is -0.906. The van der Waals surface area contributed by atoms with Gasteiger partial charge in [-0.1, -0.05) is 6.07 Å². The number of carbonyl (C=O) groups is 1. The lowest BCUT2D eigenvalue weighted by Crippen LogP contribution is -1.94. The zero-order chi connectivity index (χ0) is 13.4. The first-order valence-electron chi connectivity index (χ1n) is 5.50. The van der Waals surface area contributed by atoms with Gasteiger partial charge in [-0.3, -0.25) is 0 Å². The zero-order valence-electron chi connectivity index (χ0n) is 9.91. The molecule has 0 atom stereocenters. The van der Waals surface area contributed by atoms with Crippen molar-refractivity contribution < 1.29 is 9.90 Å². The van der Waals surface area contributed by atoms with E-state index < -0.39 is 5.97 Å². The van der Waals surface area contributed by atoms with Crippen molar-refractivity contribution in [2.24, 2.45) is 0 Å².